The number of nitrogens with one attached hydrogen (secondary N) is 2. The first-order valence-electron chi connectivity index (χ1n) is 7.14. The van der Waals surface area contributed by atoms with Crippen molar-refractivity contribution in [1.29, 1.82) is 0 Å². The first-order valence-corrected chi connectivity index (χ1v) is 7.55. The van der Waals surface area contributed by atoms with Gasteiger partial charge in [0.25, 0.3) is 0 Å². The number of fused-ring (bicyclic) bond motifs is 1. The van der Waals surface area contributed by atoms with Gasteiger partial charge in [-0.05, 0) is 43.3 Å². The maximum Gasteiger partial charge on any atom is 0.231 e. The van der Waals surface area contributed by atoms with Crippen LogP contribution in [0.15, 0.2) is 30.6 Å². The fraction of sp³-hybridized carbons (Fsp3) is 0.333. The van der Waals surface area contributed by atoms with Crippen LogP contribution >= 0.6 is 12.2 Å². The standard InChI is InChI=1S/C15H18N4O2S/c1-11-8-17-19(9-11)6-2-5-16-15(22)18-12-3-4-13-14(7-12)21-10-20-13/h3-4,7-9H,2,5-6,10H2,1H3,(H2,16,18,22). The number of benzene rings is 1. The zero-order chi connectivity index (χ0) is 15.4. The molecule has 1 aromatic heterocycles. The van der Waals surface area contributed by atoms with Gasteiger partial charge in [-0.3, -0.25) is 4.68 Å². The minimum absolute atomic E-state index is 0.272. The van der Waals surface area contributed by atoms with Gasteiger partial charge in [0, 0.05) is 31.0 Å². The normalized spacial score (nSPS) is 12.2. The third-order valence-corrected chi connectivity index (χ3v) is 3.49. The van der Waals surface area contributed by atoms with E-state index in [1.165, 1.54) is 5.56 Å². The van der Waals surface area contributed by atoms with Crippen LogP contribution in [0.2, 0.25) is 0 Å². The van der Waals surface area contributed by atoms with E-state index < -0.39 is 0 Å². The average Bonchev–Trinajstić information content (AvgIpc) is 3.12. The highest BCUT2D eigenvalue weighted by Gasteiger charge is 2.13. The van der Waals surface area contributed by atoms with Gasteiger partial charge in [-0.25, -0.2) is 0 Å². The molecule has 0 aliphatic carbocycles. The fourth-order valence-corrected chi connectivity index (χ4v) is 2.40. The number of hydrogen-bond donors (Lipinski definition) is 2. The Morgan fingerprint density at radius 3 is 3.05 bits per heavy atom. The van der Waals surface area contributed by atoms with Gasteiger partial charge in [0.1, 0.15) is 0 Å². The van der Waals surface area contributed by atoms with Crippen molar-refractivity contribution in [2.24, 2.45) is 0 Å². The molecule has 0 fully saturated rings. The lowest BCUT2D eigenvalue weighted by Gasteiger charge is -2.11. The van der Waals surface area contributed by atoms with Gasteiger partial charge in [0.15, 0.2) is 16.6 Å². The van der Waals surface area contributed by atoms with Crippen LogP contribution in [-0.4, -0.2) is 28.2 Å². The van der Waals surface area contributed by atoms with E-state index in [9.17, 15) is 0 Å². The summed E-state index contributed by atoms with van der Waals surface area (Å²) in [5, 5.41) is 11.2. The number of rotatable bonds is 5. The van der Waals surface area contributed by atoms with Crippen LogP contribution in [-0.2, 0) is 6.54 Å². The first-order chi connectivity index (χ1) is 10.7. The first kappa shape index (κ1) is 14.6. The van der Waals surface area contributed by atoms with E-state index in [1.54, 1.807) is 0 Å². The van der Waals surface area contributed by atoms with Crippen LogP contribution in [0.25, 0.3) is 0 Å². The van der Waals surface area contributed by atoms with E-state index in [0.29, 0.717) is 5.11 Å². The molecule has 6 nitrogen and oxygen atoms in total. The lowest BCUT2D eigenvalue weighted by Crippen LogP contribution is -2.29. The summed E-state index contributed by atoms with van der Waals surface area (Å²) in [6, 6.07) is 5.66. The van der Waals surface area contributed by atoms with E-state index in [-0.39, 0.29) is 6.79 Å². The van der Waals surface area contributed by atoms with Crippen molar-refractivity contribution in [3.8, 4) is 11.5 Å². The Morgan fingerprint density at radius 2 is 2.23 bits per heavy atom. The molecule has 0 bridgehead atoms. The van der Waals surface area contributed by atoms with Crippen LogP contribution < -0.4 is 20.1 Å². The molecule has 0 atom stereocenters. The molecule has 2 N–H and O–H groups in total. The van der Waals surface area contributed by atoms with Crippen molar-refractivity contribution >= 4 is 23.0 Å². The van der Waals surface area contributed by atoms with Crippen molar-refractivity contribution in [2.75, 3.05) is 18.7 Å². The van der Waals surface area contributed by atoms with E-state index >= 15 is 0 Å². The number of anilines is 1. The third kappa shape index (κ3) is 3.67. The predicted molar refractivity (Wildman–Crippen MR) is 88.4 cm³/mol. The largest absolute Gasteiger partial charge is 0.454 e. The minimum Gasteiger partial charge on any atom is -0.454 e. The summed E-state index contributed by atoms with van der Waals surface area (Å²) in [7, 11) is 0. The second-order valence-corrected chi connectivity index (χ2v) is 5.49. The molecule has 0 saturated carbocycles. The van der Waals surface area contributed by atoms with Gasteiger partial charge in [-0.1, -0.05) is 0 Å². The topological polar surface area (TPSA) is 60.3 Å². The summed E-state index contributed by atoms with van der Waals surface area (Å²) in [4.78, 5) is 0. The second-order valence-electron chi connectivity index (χ2n) is 5.08. The molecule has 1 aromatic carbocycles. The molecule has 1 aliphatic rings. The molecular weight excluding hydrogens is 300 g/mol. The summed E-state index contributed by atoms with van der Waals surface area (Å²) in [6.45, 7) is 3.96. The Kier molecular flexibility index (Phi) is 4.43. The van der Waals surface area contributed by atoms with Crippen molar-refractivity contribution < 1.29 is 9.47 Å². The predicted octanol–water partition coefficient (Wildman–Crippen LogP) is 2.30. The van der Waals surface area contributed by atoms with Gasteiger partial charge in [-0.15, -0.1) is 0 Å². The quantitative estimate of drug-likeness (QED) is 0.652. The van der Waals surface area contributed by atoms with Gasteiger partial charge >= 0.3 is 0 Å². The van der Waals surface area contributed by atoms with Gasteiger partial charge in [0.2, 0.25) is 6.79 Å². The summed E-state index contributed by atoms with van der Waals surface area (Å²) in [5.41, 5.74) is 2.05. The molecule has 22 heavy (non-hydrogen) atoms. The van der Waals surface area contributed by atoms with Crippen molar-refractivity contribution in [3.63, 3.8) is 0 Å². The number of hydrogen-bond acceptors (Lipinski definition) is 4. The number of aryl methyl sites for hydroxylation is 2. The van der Waals surface area contributed by atoms with Crippen LogP contribution in [0.5, 0.6) is 11.5 Å². The lowest BCUT2D eigenvalue weighted by atomic mass is 10.3. The Morgan fingerprint density at radius 1 is 1.36 bits per heavy atom. The molecule has 7 heteroatoms. The monoisotopic (exact) mass is 318 g/mol. The highest BCUT2D eigenvalue weighted by atomic mass is 32.1. The zero-order valence-electron chi connectivity index (χ0n) is 12.3. The molecule has 0 amide bonds. The molecular formula is C15H18N4O2S. The highest BCUT2D eigenvalue weighted by molar-refractivity contribution is 7.80. The number of nitrogens with zero attached hydrogens (tertiary/aromatic N) is 2. The molecule has 116 valence electrons. The van der Waals surface area contributed by atoms with Gasteiger partial charge < -0.3 is 20.1 Å². The minimum atomic E-state index is 0.272. The van der Waals surface area contributed by atoms with E-state index in [0.717, 1.165) is 36.7 Å². The molecule has 0 saturated heterocycles. The third-order valence-electron chi connectivity index (χ3n) is 3.24. The SMILES string of the molecule is Cc1cnn(CCCNC(=S)Nc2ccc3c(c2)OCO3)c1. The summed E-state index contributed by atoms with van der Waals surface area (Å²) < 4.78 is 12.5. The molecule has 0 spiro atoms. The highest BCUT2D eigenvalue weighted by Crippen LogP contribution is 2.34. The lowest BCUT2D eigenvalue weighted by molar-refractivity contribution is 0.174. The van der Waals surface area contributed by atoms with E-state index in [1.807, 2.05) is 42.2 Å². The van der Waals surface area contributed by atoms with E-state index in [4.69, 9.17) is 21.7 Å². The maximum atomic E-state index is 5.33. The fourth-order valence-electron chi connectivity index (χ4n) is 2.18. The van der Waals surface area contributed by atoms with Crippen LogP contribution in [0.3, 0.4) is 0 Å². The van der Waals surface area contributed by atoms with Crippen molar-refractivity contribution in [1.82, 2.24) is 15.1 Å². The maximum absolute atomic E-state index is 5.33. The summed E-state index contributed by atoms with van der Waals surface area (Å²) >= 11 is 5.28. The van der Waals surface area contributed by atoms with Gasteiger partial charge in [-0.2, -0.15) is 5.10 Å². The molecule has 2 aromatic rings. The van der Waals surface area contributed by atoms with Crippen LogP contribution in [0.4, 0.5) is 5.69 Å². The Hall–Kier alpha value is -2.28. The van der Waals surface area contributed by atoms with Gasteiger partial charge in [0.05, 0.1) is 6.20 Å². The van der Waals surface area contributed by atoms with Crippen LogP contribution in [0.1, 0.15) is 12.0 Å². The Balaban J connectivity index is 1.41. The smallest absolute Gasteiger partial charge is 0.231 e. The zero-order valence-corrected chi connectivity index (χ0v) is 13.2. The summed E-state index contributed by atoms with van der Waals surface area (Å²) in [5.74, 6) is 1.50. The summed E-state index contributed by atoms with van der Waals surface area (Å²) in [6.07, 6.45) is 4.84. The Labute approximate surface area is 134 Å². The number of thiocarbonyl (C=S) groups is 1. The molecule has 3 rings (SSSR count). The molecule has 1 aliphatic heterocycles. The van der Waals surface area contributed by atoms with Crippen LogP contribution in [0, 0.1) is 6.92 Å². The second kappa shape index (κ2) is 6.65. The Bertz CT molecular complexity index is 671. The molecule has 2 heterocycles. The molecule has 0 radical (unpaired) electrons. The van der Waals surface area contributed by atoms with Crippen molar-refractivity contribution in [2.45, 2.75) is 19.9 Å². The van der Waals surface area contributed by atoms with E-state index in [2.05, 4.69) is 15.7 Å². The number of aromatic nitrogens is 2. The van der Waals surface area contributed by atoms with Crippen molar-refractivity contribution in [3.05, 3.63) is 36.2 Å². The number of ether oxygens (including phenoxy) is 2. The average molecular weight is 318 g/mol. The molecule has 0 unspecified atom stereocenters.